The van der Waals surface area contributed by atoms with Gasteiger partial charge >= 0.3 is 0 Å². The zero-order valence-corrected chi connectivity index (χ0v) is 15.7. The molecule has 2 aliphatic heterocycles. The van der Waals surface area contributed by atoms with Gasteiger partial charge in [0.25, 0.3) is 10.0 Å². The largest absolute Gasteiger partial charge is 0.442 e. The Labute approximate surface area is 154 Å². The van der Waals surface area contributed by atoms with Crippen LogP contribution in [0.3, 0.4) is 0 Å². The lowest BCUT2D eigenvalue weighted by Crippen LogP contribution is -2.44. The number of H-pyrrole nitrogens is 1. The average Bonchev–Trinajstić information content (AvgIpc) is 3.42. The van der Waals surface area contributed by atoms with Crippen LogP contribution in [0.25, 0.3) is 11.5 Å². The van der Waals surface area contributed by atoms with Crippen molar-refractivity contribution in [2.75, 3.05) is 26.2 Å². The van der Waals surface area contributed by atoms with Gasteiger partial charge in [-0.25, -0.2) is 8.42 Å². The van der Waals surface area contributed by atoms with Gasteiger partial charge in [-0.05, 0) is 69.9 Å². The number of nitrogens with zero attached hydrogens (tertiary/aromatic N) is 3. The summed E-state index contributed by atoms with van der Waals surface area (Å²) in [5.41, 5.74) is 0.677. The van der Waals surface area contributed by atoms with E-state index in [0.717, 1.165) is 45.3 Å². The maximum absolute atomic E-state index is 13.2. The molecule has 0 amide bonds. The number of piperidine rings is 1. The third-order valence-electron chi connectivity index (χ3n) is 5.46. The van der Waals surface area contributed by atoms with Gasteiger partial charge in [0.2, 0.25) is 5.09 Å². The first-order valence-corrected chi connectivity index (χ1v) is 10.9. The number of aromatic amines is 1. The zero-order chi connectivity index (χ0) is 18.0. The first-order valence-electron chi connectivity index (χ1n) is 9.48. The lowest BCUT2D eigenvalue weighted by atomic mass is 10.0. The van der Waals surface area contributed by atoms with Gasteiger partial charge in [-0.3, -0.25) is 5.10 Å². The molecule has 2 fully saturated rings. The molecule has 0 aromatic carbocycles. The van der Waals surface area contributed by atoms with Crippen molar-refractivity contribution >= 4 is 10.0 Å². The monoisotopic (exact) mass is 378 g/mol. The topological polar surface area (TPSA) is 82.4 Å². The summed E-state index contributed by atoms with van der Waals surface area (Å²) >= 11 is 0. The van der Waals surface area contributed by atoms with Crippen LogP contribution in [0.5, 0.6) is 0 Å². The smallest absolute Gasteiger partial charge is 0.276 e. The van der Waals surface area contributed by atoms with Crippen LogP contribution in [0.2, 0.25) is 0 Å². The highest BCUT2D eigenvalue weighted by Crippen LogP contribution is 2.30. The van der Waals surface area contributed by atoms with Crippen molar-refractivity contribution in [3.05, 3.63) is 24.4 Å². The molecule has 4 rings (SSSR count). The summed E-state index contributed by atoms with van der Waals surface area (Å²) < 4.78 is 33.7. The molecule has 0 spiro atoms. The second-order valence-corrected chi connectivity index (χ2v) is 9.01. The van der Waals surface area contributed by atoms with Crippen molar-refractivity contribution in [2.45, 2.75) is 49.7 Å². The minimum Gasteiger partial charge on any atom is -0.442 e. The van der Waals surface area contributed by atoms with Crippen LogP contribution in [0, 0.1) is 0 Å². The maximum atomic E-state index is 13.2. The van der Waals surface area contributed by atoms with Crippen LogP contribution in [0.1, 0.15) is 38.5 Å². The molecular weight excluding hydrogens is 352 g/mol. The van der Waals surface area contributed by atoms with E-state index in [1.165, 1.54) is 12.8 Å². The summed E-state index contributed by atoms with van der Waals surface area (Å²) in [5, 5.41) is 6.71. The van der Waals surface area contributed by atoms with Gasteiger partial charge in [0.15, 0.2) is 5.76 Å². The predicted octanol–water partition coefficient (Wildman–Crippen LogP) is 2.70. The first-order chi connectivity index (χ1) is 12.6. The molecule has 1 unspecified atom stereocenters. The molecule has 8 heteroatoms. The highest BCUT2D eigenvalue weighted by atomic mass is 32.2. The fraction of sp³-hybridized carbons (Fsp3) is 0.611. The van der Waals surface area contributed by atoms with Gasteiger partial charge in [-0.15, -0.1) is 0 Å². The Kier molecular flexibility index (Phi) is 5.15. The Hall–Kier alpha value is -1.64. The van der Waals surface area contributed by atoms with Gasteiger partial charge in [-0.2, -0.15) is 9.40 Å². The number of aromatic nitrogens is 2. The second-order valence-electron chi connectivity index (χ2n) is 7.19. The van der Waals surface area contributed by atoms with Crippen LogP contribution in [0.4, 0.5) is 0 Å². The van der Waals surface area contributed by atoms with E-state index < -0.39 is 10.0 Å². The fourth-order valence-corrected chi connectivity index (χ4v) is 5.67. The van der Waals surface area contributed by atoms with E-state index in [-0.39, 0.29) is 11.1 Å². The summed E-state index contributed by atoms with van der Waals surface area (Å²) in [7, 11) is -3.61. The molecule has 2 aromatic heterocycles. The normalized spacial score (nSPS) is 22.8. The van der Waals surface area contributed by atoms with Gasteiger partial charge in [0.05, 0.1) is 0 Å². The summed E-state index contributed by atoms with van der Waals surface area (Å²) in [6.45, 7) is 3.84. The molecule has 7 nitrogen and oxygen atoms in total. The predicted molar refractivity (Wildman–Crippen MR) is 98.1 cm³/mol. The average molecular weight is 378 g/mol. The molecule has 1 atom stereocenters. The van der Waals surface area contributed by atoms with Crippen LogP contribution in [-0.4, -0.2) is 60.0 Å². The Morgan fingerprint density at radius 3 is 2.69 bits per heavy atom. The Balaban J connectivity index is 1.50. The number of rotatable bonds is 6. The minimum absolute atomic E-state index is 0.0233. The van der Waals surface area contributed by atoms with Crippen LogP contribution < -0.4 is 0 Å². The summed E-state index contributed by atoms with van der Waals surface area (Å²) in [6.07, 6.45) is 7.96. The molecule has 4 heterocycles. The fourth-order valence-electron chi connectivity index (χ4n) is 4.03. The van der Waals surface area contributed by atoms with E-state index >= 15 is 0 Å². The van der Waals surface area contributed by atoms with E-state index in [2.05, 4.69) is 15.1 Å². The molecular formula is C18H26N4O3S. The van der Waals surface area contributed by atoms with Crippen molar-refractivity contribution in [1.29, 1.82) is 0 Å². The first kappa shape index (κ1) is 17.8. The van der Waals surface area contributed by atoms with Crippen LogP contribution in [-0.2, 0) is 10.0 Å². The zero-order valence-electron chi connectivity index (χ0n) is 14.9. The van der Waals surface area contributed by atoms with Crippen molar-refractivity contribution in [2.24, 2.45) is 0 Å². The molecule has 142 valence electrons. The third kappa shape index (κ3) is 3.58. The van der Waals surface area contributed by atoms with Crippen molar-refractivity contribution < 1.29 is 12.8 Å². The summed E-state index contributed by atoms with van der Waals surface area (Å²) in [6, 6.07) is 5.06. The Bertz CT molecular complexity index is 809. The van der Waals surface area contributed by atoms with E-state index in [0.29, 0.717) is 18.0 Å². The minimum atomic E-state index is -3.61. The number of furan rings is 1. The van der Waals surface area contributed by atoms with E-state index in [1.54, 1.807) is 28.7 Å². The molecule has 2 aromatic rings. The van der Waals surface area contributed by atoms with Crippen LogP contribution >= 0.6 is 0 Å². The van der Waals surface area contributed by atoms with E-state index in [1.807, 2.05) is 0 Å². The molecule has 0 bridgehead atoms. The van der Waals surface area contributed by atoms with Gasteiger partial charge in [0, 0.05) is 18.8 Å². The van der Waals surface area contributed by atoms with Crippen molar-refractivity contribution in [3.8, 4) is 11.5 Å². The van der Waals surface area contributed by atoms with Crippen molar-refractivity contribution in [1.82, 2.24) is 19.4 Å². The Morgan fingerprint density at radius 1 is 1.12 bits per heavy atom. The van der Waals surface area contributed by atoms with Crippen molar-refractivity contribution in [3.63, 3.8) is 0 Å². The number of nitrogens with one attached hydrogen (secondary N) is 1. The molecule has 0 saturated carbocycles. The highest BCUT2D eigenvalue weighted by Gasteiger charge is 2.35. The van der Waals surface area contributed by atoms with Gasteiger partial charge in [0.1, 0.15) is 5.69 Å². The van der Waals surface area contributed by atoms with Gasteiger partial charge in [-0.1, -0.05) is 6.42 Å². The lowest BCUT2D eigenvalue weighted by Gasteiger charge is -2.34. The van der Waals surface area contributed by atoms with E-state index in [9.17, 15) is 8.42 Å². The summed E-state index contributed by atoms with van der Waals surface area (Å²) in [5.74, 6) is 0.492. The Morgan fingerprint density at radius 2 is 1.92 bits per heavy atom. The number of sulfonamides is 1. The third-order valence-corrected chi connectivity index (χ3v) is 7.29. The van der Waals surface area contributed by atoms with Crippen LogP contribution in [0.15, 0.2) is 33.9 Å². The lowest BCUT2D eigenvalue weighted by molar-refractivity contribution is 0.210. The second kappa shape index (κ2) is 7.54. The SMILES string of the molecule is O=S(=O)(c1ccc(-c2ccn[nH]2)o1)N1CCCCC1CCN1CCCC1. The molecule has 1 N–H and O–H groups in total. The molecule has 26 heavy (non-hydrogen) atoms. The number of hydrogen-bond acceptors (Lipinski definition) is 5. The number of hydrogen-bond donors (Lipinski definition) is 1. The maximum Gasteiger partial charge on any atom is 0.276 e. The number of likely N-dealkylation sites (tertiary alicyclic amines) is 1. The quantitative estimate of drug-likeness (QED) is 0.836. The standard InChI is InChI=1S/C18H26N4O3S/c23-26(24,18-7-6-17(25-18)16-8-10-19-20-16)22-13-2-1-5-15(22)9-14-21-11-3-4-12-21/h6-8,10,15H,1-5,9,11-14H2,(H,19,20). The molecule has 2 aliphatic rings. The van der Waals surface area contributed by atoms with E-state index in [4.69, 9.17) is 4.42 Å². The van der Waals surface area contributed by atoms with Gasteiger partial charge < -0.3 is 9.32 Å². The molecule has 2 saturated heterocycles. The molecule has 0 aliphatic carbocycles. The molecule has 0 radical (unpaired) electrons. The highest BCUT2D eigenvalue weighted by molar-refractivity contribution is 7.89. The summed E-state index contributed by atoms with van der Waals surface area (Å²) in [4.78, 5) is 2.45.